The van der Waals surface area contributed by atoms with E-state index in [2.05, 4.69) is 12.2 Å². The van der Waals surface area contributed by atoms with Crippen LogP contribution in [0.15, 0.2) is 18.2 Å². The van der Waals surface area contributed by atoms with Crippen LogP contribution >= 0.6 is 0 Å². The molecule has 5 heteroatoms. The average molecular weight is 224 g/mol. The van der Waals surface area contributed by atoms with E-state index in [4.69, 9.17) is 4.74 Å². The second kappa shape index (κ2) is 5.95. The summed E-state index contributed by atoms with van der Waals surface area (Å²) in [5.74, 6) is 0.627. The molecular formula is C11H16N2O3. The van der Waals surface area contributed by atoms with Crippen molar-refractivity contribution in [2.75, 3.05) is 19.0 Å². The predicted octanol–water partition coefficient (Wildman–Crippen LogP) is 2.82. The van der Waals surface area contributed by atoms with Gasteiger partial charge in [-0.1, -0.05) is 13.3 Å². The highest BCUT2D eigenvalue weighted by Crippen LogP contribution is 2.28. The SMILES string of the molecule is CCCCNc1cc([N+](=O)[O-])ccc1OC. The lowest BCUT2D eigenvalue weighted by Gasteiger charge is -2.10. The Labute approximate surface area is 94.6 Å². The van der Waals surface area contributed by atoms with Crippen molar-refractivity contribution < 1.29 is 9.66 Å². The zero-order valence-corrected chi connectivity index (χ0v) is 9.53. The van der Waals surface area contributed by atoms with Crippen molar-refractivity contribution >= 4 is 11.4 Å². The minimum atomic E-state index is -0.412. The third-order valence-corrected chi connectivity index (χ3v) is 2.24. The molecule has 0 saturated heterocycles. The molecule has 0 bridgehead atoms. The number of nitrogens with zero attached hydrogens (tertiary/aromatic N) is 1. The molecule has 5 nitrogen and oxygen atoms in total. The zero-order valence-electron chi connectivity index (χ0n) is 9.53. The Morgan fingerprint density at radius 3 is 2.81 bits per heavy atom. The molecule has 1 aromatic rings. The number of unbranched alkanes of at least 4 members (excludes halogenated alkanes) is 1. The first-order valence-electron chi connectivity index (χ1n) is 5.25. The van der Waals surface area contributed by atoms with E-state index >= 15 is 0 Å². The molecule has 0 atom stereocenters. The van der Waals surface area contributed by atoms with Gasteiger partial charge in [-0.25, -0.2) is 0 Å². The fourth-order valence-electron chi connectivity index (χ4n) is 1.35. The van der Waals surface area contributed by atoms with E-state index in [0.717, 1.165) is 19.4 Å². The quantitative estimate of drug-likeness (QED) is 0.458. The van der Waals surface area contributed by atoms with Crippen molar-refractivity contribution in [2.24, 2.45) is 0 Å². The average Bonchev–Trinajstić information content (AvgIpc) is 2.29. The van der Waals surface area contributed by atoms with E-state index in [1.54, 1.807) is 13.2 Å². The molecule has 0 aliphatic heterocycles. The fraction of sp³-hybridized carbons (Fsp3) is 0.455. The van der Waals surface area contributed by atoms with Crippen LogP contribution in [-0.2, 0) is 0 Å². The Kier molecular flexibility index (Phi) is 4.57. The Morgan fingerprint density at radius 1 is 1.50 bits per heavy atom. The molecule has 0 spiro atoms. The number of rotatable bonds is 6. The van der Waals surface area contributed by atoms with Crippen molar-refractivity contribution in [1.82, 2.24) is 0 Å². The van der Waals surface area contributed by atoms with Crippen molar-refractivity contribution in [3.63, 3.8) is 0 Å². The highest BCUT2D eigenvalue weighted by atomic mass is 16.6. The Hall–Kier alpha value is -1.78. The summed E-state index contributed by atoms with van der Waals surface area (Å²) >= 11 is 0. The van der Waals surface area contributed by atoms with Crippen molar-refractivity contribution in [3.8, 4) is 5.75 Å². The minimum Gasteiger partial charge on any atom is -0.495 e. The molecule has 0 aliphatic rings. The number of hydrogen-bond donors (Lipinski definition) is 1. The highest BCUT2D eigenvalue weighted by Gasteiger charge is 2.10. The van der Waals surface area contributed by atoms with Gasteiger partial charge in [0.2, 0.25) is 0 Å². The van der Waals surface area contributed by atoms with Crippen molar-refractivity contribution in [3.05, 3.63) is 28.3 Å². The molecule has 0 amide bonds. The highest BCUT2D eigenvalue weighted by molar-refractivity contribution is 5.61. The van der Waals surface area contributed by atoms with Crippen LogP contribution < -0.4 is 10.1 Å². The molecule has 1 rings (SSSR count). The van der Waals surface area contributed by atoms with Gasteiger partial charge in [0, 0.05) is 18.7 Å². The summed E-state index contributed by atoms with van der Waals surface area (Å²) in [4.78, 5) is 10.2. The summed E-state index contributed by atoms with van der Waals surface area (Å²) in [6.07, 6.45) is 2.09. The van der Waals surface area contributed by atoms with E-state index in [9.17, 15) is 10.1 Å². The van der Waals surface area contributed by atoms with Crippen LogP contribution in [0.4, 0.5) is 11.4 Å². The van der Waals surface area contributed by atoms with E-state index in [1.807, 2.05) is 0 Å². The van der Waals surface area contributed by atoms with Gasteiger partial charge in [-0.2, -0.15) is 0 Å². The van der Waals surface area contributed by atoms with Gasteiger partial charge in [0.25, 0.3) is 5.69 Å². The Bertz CT molecular complexity index is 366. The number of nitro groups is 1. The van der Waals surface area contributed by atoms with Crippen LogP contribution in [-0.4, -0.2) is 18.6 Å². The normalized spacial score (nSPS) is 9.88. The van der Waals surface area contributed by atoms with E-state index in [1.165, 1.54) is 12.1 Å². The van der Waals surface area contributed by atoms with Crippen LogP contribution in [0.25, 0.3) is 0 Å². The molecule has 0 radical (unpaired) electrons. The standard InChI is InChI=1S/C11H16N2O3/c1-3-4-7-12-10-8-9(13(14)15)5-6-11(10)16-2/h5-6,8,12H,3-4,7H2,1-2H3. The number of methoxy groups -OCH3 is 1. The summed E-state index contributed by atoms with van der Waals surface area (Å²) in [7, 11) is 1.55. The number of non-ortho nitro benzene ring substituents is 1. The monoisotopic (exact) mass is 224 g/mol. The van der Waals surface area contributed by atoms with Gasteiger partial charge in [-0.15, -0.1) is 0 Å². The van der Waals surface area contributed by atoms with Gasteiger partial charge in [0.05, 0.1) is 17.7 Å². The first-order chi connectivity index (χ1) is 7.69. The van der Waals surface area contributed by atoms with Gasteiger partial charge >= 0.3 is 0 Å². The summed E-state index contributed by atoms with van der Waals surface area (Å²) in [5.41, 5.74) is 0.741. The maximum atomic E-state index is 10.6. The number of anilines is 1. The molecule has 0 saturated carbocycles. The lowest BCUT2D eigenvalue weighted by atomic mass is 10.2. The molecule has 0 aliphatic carbocycles. The van der Waals surface area contributed by atoms with Gasteiger partial charge in [0.1, 0.15) is 5.75 Å². The Morgan fingerprint density at radius 2 is 2.25 bits per heavy atom. The van der Waals surface area contributed by atoms with Crippen molar-refractivity contribution in [2.45, 2.75) is 19.8 Å². The molecule has 88 valence electrons. The maximum Gasteiger partial charge on any atom is 0.271 e. The van der Waals surface area contributed by atoms with Crippen LogP contribution in [0, 0.1) is 10.1 Å². The third kappa shape index (κ3) is 3.12. The summed E-state index contributed by atoms with van der Waals surface area (Å²) in [5, 5.41) is 13.8. The van der Waals surface area contributed by atoms with Gasteiger partial charge < -0.3 is 10.1 Å². The molecule has 0 fully saturated rings. The predicted molar refractivity (Wildman–Crippen MR) is 63.0 cm³/mol. The lowest BCUT2D eigenvalue weighted by Crippen LogP contribution is -2.03. The first kappa shape index (κ1) is 12.3. The Balaban J connectivity index is 2.84. The number of ether oxygens (including phenoxy) is 1. The number of benzene rings is 1. The molecular weight excluding hydrogens is 208 g/mol. The molecule has 16 heavy (non-hydrogen) atoms. The molecule has 0 heterocycles. The van der Waals surface area contributed by atoms with Gasteiger partial charge in [-0.3, -0.25) is 10.1 Å². The van der Waals surface area contributed by atoms with E-state index in [0.29, 0.717) is 11.4 Å². The minimum absolute atomic E-state index is 0.0693. The maximum absolute atomic E-state index is 10.6. The van der Waals surface area contributed by atoms with Gasteiger partial charge in [-0.05, 0) is 12.5 Å². The van der Waals surface area contributed by atoms with Crippen LogP contribution in [0.2, 0.25) is 0 Å². The van der Waals surface area contributed by atoms with Crippen LogP contribution in [0.5, 0.6) is 5.75 Å². The summed E-state index contributed by atoms with van der Waals surface area (Å²) in [6, 6.07) is 4.53. The summed E-state index contributed by atoms with van der Waals surface area (Å²) in [6.45, 7) is 2.88. The molecule has 0 unspecified atom stereocenters. The number of hydrogen-bond acceptors (Lipinski definition) is 4. The first-order valence-corrected chi connectivity index (χ1v) is 5.25. The topological polar surface area (TPSA) is 64.4 Å². The second-order valence-corrected chi connectivity index (χ2v) is 3.42. The van der Waals surface area contributed by atoms with Crippen LogP contribution in [0.1, 0.15) is 19.8 Å². The van der Waals surface area contributed by atoms with E-state index in [-0.39, 0.29) is 5.69 Å². The molecule has 0 aromatic heterocycles. The van der Waals surface area contributed by atoms with Crippen LogP contribution in [0.3, 0.4) is 0 Å². The van der Waals surface area contributed by atoms with Gasteiger partial charge in [0.15, 0.2) is 0 Å². The number of nitro benzene ring substituents is 1. The molecule has 1 N–H and O–H groups in total. The fourth-order valence-corrected chi connectivity index (χ4v) is 1.35. The van der Waals surface area contributed by atoms with Crippen molar-refractivity contribution in [1.29, 1.82) is 0 Å². The summed E-state index contributed by atoms with van der Waals surface area (Å²) < 4.78 is 5.13. The second-order valence-electron chi connectivity index (χ2n) is 3.42. The largest absolute Gasteiger partial charge is 0.495 e. The number of nitrogens with one attached hydrogen (secondary N) is 1. The van der Waals surface area contributed by atoms with E-state index < -0.39 is 4.92 Å². The zero-order chi connectivity index (χ0) is 12.0. The smallest absolute Gasteiger partial charge is 0.271 e. The lowest BCUT2D eigenvalue weighted by molar-refractivity contribution is -0.384. The molecule has 1 aromatic carbocycles. The third-order valence-electron chi connectivity index (χ3n) is 2.24.